The second-order valence-electron chi connectivity index (χ2n) is 10.3. The summed E-state index contributed by atoms with van der Waals surface area (Å²) in [6.45, 7) is 3.45. The second kappa shape index (κ2) is 16.8. The number of nitrogens with zero attached hydrogens (tertiary/aromatic N) is 2. The maximum absolute atomic E-state index is 13.8. The lowest BCUT2D eigenvalue weighted by Gasteiger charge is -2.24. The first-order chi connectivity index (χ1) is 23.1. The van der Waals surface area contributed by atoms with E-state index in [0.29, 0.717) is 29.4 Å². The van der Waals surface area contributed by atoms with Crippen LogP contribution in [0.3, 0.4) is 0 Å². The number of hydrogen-bond donors (Lipinski definition) is 2. The van der Waals surface area contributed by atoms with Crippen LogP contribution in [-0.4, -0.2) is 60.4 Å². The molecule has 0 unspecified atom stereocenters. The van der Waals surface area contributed by atoms with Gasteiger partial charge in [0.15, 0.2) is 18.1 Å². The van der Waals surface area contributed by atoms with Gasteiger partial charge in [0.25, 0.3) is 21.8 Å². The summed E-state index contributed by atoms with van der Waals surface area (Å²) in [5, 5.41) is 6.88. The standard InChI is InChI=1S/C35H38N4O8S/c1-5-46-29-17-13-28(14-18-29)39(48(42,43)31-19-20-32(44-3)33(21-31)45-4)23-34(40)38-36-22-26-11-15-30(16-12-26)47-24-35(41)37-25(2)27-9-7-6-8-10-27/h6-22,25H,5,23-24H2,1-4H3,(H,37,41)(H,38,40)/b36-22-/t25-/m1/s1. The SMILES string of the molecule is CCOc1ccc(N(CC(=O)N/N=C\c2ccc(OCC(=O)N[C@H](C)c3ccccc3)cc2)S(=O)(=O)c2ccc(OC)c(OC)c2)cc1. The summed E-state index contributed by atoms with van der Waals surface area (Å²) in [5.74, 6) is 0.666. The lowest BCUT2D eigenvalue weighted by atomic mass is 10.1. The first-order valence-corrected chi connectivity index (χ1v) is 16.4. The summed E-state index contributed by atoms with van der Waals surface area (Å²) >= 11 is 0. The molecule has 0 aliphatic rings. The van der Waals surface area contributed by atoms with Crippen molar-refractivity contribution in [2.24, 2.45) is 5.10 Å². The molecule has 0 aromatic heterocycles. The molecule has 2 amide bonds. The summed E-state index contributed by atoms with van der Waals surface area (Å²) in [6.07, 6.45) is 1.40. The maximum atomic E-state index is 13.8. The molecule has 0 aliphatic carbocycles. The Hall–Kier alpha value is -5.56. The molecular formula is C35H38N4O8S. The van der Waals surface area contributed by atoms with Crippen LogP contribution in [0, 0.1) is 0 Å². The van der Waals surface area contributed by atoms with E-state index in [-0.39, 0.29) is 34.9 Å². The Morgan fingerprint density at radius 2 is 1.48 bits per heavy atom. The third kappa shape index (κ3) is 9.48. The third-order valence-corrected chi connectivity index (χ3v) is 8.77. The number of amides is 2. The Kier molecular flexibility index (Phi) is 12.4. The number of anilines is 1. The zero-order valence-electron chi connectivity index (χ0n) is 27.1. The van der Waals surface area contributed by atoms with Gasteiger partial charge in [-0.2, -0.15) is 5.10 Å². The van der Waals surface area contributed by atoms with Crippen molar-refractivity contribution in [3.8, 4) is 23.0 Å². The molecule has 252 valence electrons. The number of rotatable bonds is 16. The van der Waals surface area contributed by atoms with E-state index in [2.05, 4.69) is 15.8 Å². The van der Waals surface area contributed by atoms with E-state index < -0.39 is 22.5 Å². The lowest BCUT2D eigenvalue weighted by molar-refractivity contribution is -0.123. The van der Waals surface area contributed by atoms with Crippen LogP contribution in [0.15, 0.2) is 107 Å². The van der Waals surface area contributed by atoms with Gasteiger partial charge >= 0.3 is 0 Å². The van der Waals surface area contributed by atoms with Crippen LogP contribution < -0.4 is 34.0 Å². The van der Waals surface area contributed by atoms with Crippen LogP contribution in [0.5, 0.6) is 23.0 Å². The smallest absolute Gasteiger partial charge is 0.264 e. The van der Waals surface area contributed by atoms with E-state index in [1.165, 1.54) is 38.6 Å². The summed E-state index contributed by atoms with van der Waals surface area (Å²) in [6, 6.07) is 26.7. The number of sulfonamides is 1. The highest BCUT2D eigenvalue weighted by Crippen LogP contribution is 2.32. The number of carbonyl (C=O) groups excluding carboxylic acids is 2. The minimum atomic E-state index is -4.24. The Bertz CT molecular complexity index is 1800. The number of hydrogen-bond acceptors (Lipinski definition) is 9. The van der Waals surface area contributed by atoms with Crippen molar-refractivity contribution in [2.75, 3.05) is 38.3 Å². The molecule has 0 saturated carbocycles. The molecule has 4 aromatic rings. The number of carbonyl (C=O) groups is 2. The first-order valence-electron chi connectivity index (χ1n) is 15.0. The Balaban J connectivity index is 1.39. The molecule has 48 heavy (non-hydrogen) atoms. The third-order valence-electron chi connectivity index (χ3n) is 7.00. The average Bonchev–Trinajstić information content (AvgIpc) is 3.10. The van der Waals surface area contributed by atoms with Gasteiger partial charge in [-0.05, 0) is 85.6 Å². The molecule has 4 aromatic carbocycles. The number of hydrazone groups is 1. The van der Waals surface area contributed by atoms with E-state index in [0.717, 1.165) is 9.87 Å². The van der Waals surface area contributed by atoms with Crippen LogP contribution in [-0.2, 0) is 19.6 Å². The minimum Gasteiger partial charge on any atom is -0.494 e. The van der Waals surface area contributed by atoms with Crippen LogP contribution >= 0.6 is 0 Å². The van der Waals surface area contributed by atoms with Gasteiger partial charge in [-0.3, -0.25) is 13.9 Å². The lowest BCUT2D eigenvalue weighted by Crippen LogP contribution is -2.39. The Morgan fingerprint density at radius 1 is 0.833 bits per heavy atom. The maximum Gasteiger partial charge on any atom is 0.264 e. The van der Waals surface area contributed by atoms with E-state index in [1.807, 2.05) is 44.2 Å². The van der Waals surface area contributed by atoms with Gasteiger partial charge in [0.05, 0.1) is 43.7 Å². The zero-order chi connectivity index (χ0) is 34.5. The predicted molar refractivity (Wildman–Crippen MR) is 182 cm³/mol. The molecular weight excluding hydrogens is 636 g/mol. The van der Waals surface area contributed by atoms with Crippen LogP contribution in [0.25, 0.3) is 0 Å². The Labute approximate surface area is 280 Å². The summed E-state index contributed by atoms with van der Waals surface area (Å²) < 4.78 is 50.2. The van der Waals surface area contributed by atoms with Gasteiger partial charge < -0.3 is 24.3 Å². The van der Waals surface area contributed by atoms with Crippen LogP contribution in [0.1, 0.15) is 31.0 Å². The molecule has 2 N–H and O–H groups in total. The molecule has 0 fully saturated rings. The topological polar surface area (TPSA) is 145 Å². The van der Waals surface area contributed by atoms with Crippen molar-refractivity contribution in [3.05, 3.63) is 108 Å². The van der Waals surface area contributed by atoms with Gasteiger partial charge in [0.2, 0.25) is 0 Å². The average molecular weight is 675 g/mol. The van der Waals surface area contributed by atoms with Gasteiger partial charge in [0.1, 0.15) is 18.0 Å². The molecule has 12 nitrogen and oxygen atoms in total. The molecule has 0 aliphatic heterocycles. The number of benzene rings is 4. The summed E-state index contributed by atoms with van der Waals surface area (Å²) in [5.41, 5.74) is 4.25. The highest BCUT2D eigenvalue weighted by Gasteiger charge is 2.28. The molecule has 13 heteroatoms. The summed E-state index contributed by atoms with van der Waals surface area (Å²) in [7, 11) is -1.40. The van der Waals surface area contributed by atoms with Gasteiger partial charge in [-0.25, -0.2) is 13.8 Å². The van der Waals surface area contributed by atoms with Crippen molar-refractivity contribution in [2.45, 2.75) is 24.8 Å². The highest BCUT2D eigenvalue weighted by molar-refractivity contribution is 7.92. The molecule has 0 bridgehead atoms. The van der Waals surface area contributed by atoms with Crippen molar-refractivity contribution in [1.29, 1.82) is 0 Å². The predicted octanol–water partition coefficient (Wildman–Crippen LogP) is 4.70. The molecule has 0 saturated heterocycles. The van der Waals surface area contributed by atoms with Crippen molar-refractivity contribution < 1.29 is 37.0 Å². The van der Waals surface area contributed by atoms with Crippen LogP contribution in [0.2, 0.25) is 0 Å². The van der Waals surface area contributed by atoms with Gasteiger partial charge in [0, 0.05) is 6.07 Å². The number of methoxy groups -OCH3 is 2. The first kappa shape index (κ1) is 35.3. The van der Waals surface area contributed by atoms with E-state index in [1.54, 1.807) is 48.5 Å². The molecule has 0 spiro atoms. The van der Waals surface area contributed by atoms with Crippen molar-refractivity contribution in [3.63, 3.8) is 0 Å². The fourth-order valence-corrected chi connectivity index (χ4v) is 5.98. The normalized spacial score (nSPS) is 11.8. The van der Waals surface area contributed by atoms with Gasteiger partial charge in [-0.15, -0.1) is 0 Å². The number of nitrogens with one attached hydrogen (secondary N) is 2. The minimum absolute atomic E-state index is 0.101. The van der Waals surface area contributed by atoms with Crippen LogP contribution in [0.4, 0.5) is 5.69 Å². The number of ether oxygens (including phenoxy) is 4. The largest absolute Gasteiger partial charge is 0.494 e. The van der Waals surface area contributed by atoms with E-state index in [4.69, 9.17) is 18.9 Å². The zero-order valence-corrected chi connectivity index (χ0v) is 27.9. The molecule has 4 rings (SSSR count). The van der Waals surface area contributed by atoms with Crippen molar-refractivity contribution >= 4 is 33.7 Å². The quantitative estimate of drug-likeness (QED) is 0.129. The molecule has 1 atom stereocenters. The second-order valence-corrected chi connectivity index (χ2v) is 12.2. The summed E-state index contributed by atoms with van der Waals surface area (Å²) in [4.78, 5) is 25.2. The fraction of sp³-hybridized carbons (Fsp3) is 0.229. The molecule has 0 radical (unpaired) electrons. The van der Waals surface area contributed by atoms with E-state index in [9.17, 15) is 18.0 Å². The fourth-order valence-electron chi connectivity index (χ4n) is 4.55. The Morgan fingerprint density at radius 3 is 2.12 bits per heavy atom. The highest BCUT2D eigenvalue weighted by atomic mass is 32.2. The van der Waals surface area contributed by atoms with Gasteiger partial charge in [-0.1, -0.05) is 30.3 Å². The molecule has 0 heterocycles. The van der Waals surface area contributed by atoms with E-state index >= 15 is 0 Å². The van der Waals surface area contributed by atoms with Crippen molar-refractivity contribution in [1.82, 2.24) is 10.7 Å². The monoisotopic (exact) mass is 674 g/mol.